The number of carbonyl (C=O) groups is 2. The summed E-state index contributed by atoms with van der Waals surface area (Å²) >= 11 is 0. The summed E-state index contributed by atoms with van der Waals surface area (Å²) in [4.78, 5) is 21.1. The summed E-state index contributed by atoms with van der Waals surface area (Å²) < 4.78 is 4.29. The zero-order chi connectivity index (χ0) is 9.30. The third kappa shape index (κ3) is 1.31. The molecule has 0 aliphatic carbocycles. The van der Waals surface area contributed by atoms with Gasteiger partial charge >= 0.3 is 5.97 Å². The number of ketones is 1. The SMILES string of the molecule is O=C1O[C@H]([C@@H](O)CO)[C@@H](O)C1=O. The van der Waals surface area contributed by atoms with Gasteiger partial charge in [0.15, 0.2) is 12.2 Å². The van der Waals surface area contributed by atoms with Gasteiger partial charge in [0, 0.05) is 0 Å². The molecule has 6 heteroatoms. The van der Waals surface area contributed by atoms with Crippen molar-refractivity contribution >= 4 is 11.8 Å². The van der Waals surface area contributed by atoms with Crippen molar-refractivity contribution in [3.63, 3.8) is 0 Å². The van der Waals surface area contributed by atoms with Crippen molar-refractivity contribution < 1.29 is 29.6 Å². The molecule has 0 spiro atoms. The van der Waals surface area contributed by atoms with Crippen LogP contribution in [0.1, 0.15) is 0 Å². The lowest BCUT2D eigenvalue weighted by Crippen LogP contribution is -2.38. The van der Waals surface area contributed by atoms with Gasteiger partial charge in [-0.1, -0.05) is 0 Å². The molecule has 0 radical (unpaired) electrons. The third-order valence-electron chi connectivity index (χ3n) is 1.59. The van der Waals surface area contributed by atoms with Crippen LogP contribution in [0, 0.1) is 0 Å². The Labute approximate surface area is 67.4 Å². The van der Waals surface area contributed by atoms with Gasteiger partial charge in [-0.25, -0.2) is 4.79 Å². The van der Waals surface area contributed by atoms with Crippen molar-refractivity contribution in [1.29, 1.82) is 0 Å². The highest BCUT2D eigenvalue weighted by molar-refractivity contribution is 6.37. The highest BCUT2D eigenvalue weighted by Gasteiger charge is 2.45. The fourth-order valence-corrected chi connectivity index (χ4v) is 0.909. The Hall–Kier alpha value is -0.980. The average molecular weight is 176 g/mol. The van der Waals surface area contributed by atoms with Crippen LogP contribution in [0.5, 0.6) is 0 Å². The Morgan fingerprint density at radius 3 is 2.42 bits per heavy atom. The Morgan fingerprint density at radius 1 is 1.50 bits per heavy atom. The van der Waals surface area contributed by atoms with Gasteiger partial charge in [-0.3, -0.25) is 4.79 Å². The van der Waals surface area contributed by atoms with E-state index in [0.29, 0.717) is 0 Å². The number of hydrogen-bond donors (Lipinski definition) is 3. The summed E-state index contributed by atoms with van der Waals surface area (Å²) in [5.74, 6) is -2.27. The number of Topliss-reactive ketones (excluding diaryl/α,β-unsaturated/α-hetero) is 1. The van der Waals surface area contributed by atoms with Crippen LogP contribution in [0.4, 0.5) is 0 Å². The Morgan fingerprint density at radius 2 is 2.08 bits per heavy atom. The van der Waals surface area contributed by atoms with E-state index < -0.39 is 36.7 Å². The normalized spacial score (nSPS) is 31.9. The van der Waals surface area contributed by atoms with Gasteiger partial charge in [0.25, 0.3) is 5.78 Å². The third-order valence-corrected chi connectivity index (χ3v) is 1.59. The van der Waals surface area contributed by atoms with E-state index >= 15 is 0 Å². The number of aliphatic hydroxyl groups excluding tert-OH is 3. The smallest absolute Gasteiger partial charge is 0.378 e. The maximum Gasteiger partial charge on any atom is 0.378 e. The summed E-state index contributed by atoms with van der Waals surface area (Å²) in [5, 5.41) is 26.3. The molecule has 3 atom stereocenters. The molecule has 68 valence electrons. The quantitative estimate of drug-likeness (QED) is 0.310. The van der Waals surface area contributed by atoms with Crippen molar-refractivity contribution in [1.82, 2.24) is 0 Å². The van der Waals surface area contributed by atoms with Crippen LogP contribution in [0.25, 0.3) is 0 Å². The molecule has 0 amide bonds. The van der Waals surface area contributed by atoms with Gasteiger partial charge in [-0.05, 0) is 0 Å². The van der Waals surface area contributed by atoms with Crippen molar-refractivity contribution in [2.75, 3.05) is 6.61 Å². The number of carbonyl (C=O) groups excluding carboxylic acids is 2. The topological polar surface area (TPSA) is 104 Å². The van der Waals surface area contributed by atoms with Crippen LogP contribution in [-0.4, -0.2) is 52.0 Å². The number of cyclic esters (lactones) is 1. The second-order valence-corrected chi connectivity index (χ2v) is 2.43. The summed E-state index contributed by atoms with van der Waals surface area (Å²) in [6, 6.07) is 0. The van der Waals surface area contributed by atoms with E-state index in [1.165, 1.54) is 0 Å². The second kappa shape index (κ2) is 3.18. The molecule has 0 bridgehead atoms. The van der Waals surface area contributed by atoms with Crippen molar-refractivity contribution in [3.8, 4) is 0 Å². The van der Waals surface area contributed by atoms with E-state index in [1.807, 2.05) is 0 Å². The first kappa shape index (κ1) is 9.11. The zero-order valence-electron chi connectivity index (χ0n) is 6.01. The highest BCUT2D eigenvalue weighted by atomic mass is 16.6. The summed E-state index contributed by atoms with van der Waals surface area (Å²) in [6.07, 6.45) is -4.43. The lowest BCUT2D eigenvalue weighted by Gasteiger charge is -2.15. The molecular formula is C6H8O6. The van der Waals surface area contributed by atoms with E-state index in [9.17, 15) is 9.59 Å². The molecule has 1 fully saturated rings. The fraction of sp³-hybridized carbons (Fsp3) is 0.667. The Balaban J connectivity index is 2.70. The van der Waals surface area contributed by atoms with Crippen LogP contribution < -0.4 is 0 Å². The summed E-state index contributed by atoms with van der Waals surface area (Å²) in [7, 11) is 0. The number of ether oxygens (including phenoxy) is 1. The molecule has 3 N–H and O–H groups in total. The van der Waals surface area contributed by atoms with E-state index in [4.69, 9.17) is 15.3 Å². The van der Waals surface area contributed by atoms with Crippen LogP contribution in [0.15, 0.2) is 0 Å². The highest BCUT2D eigenvalue weighted by Crippen LogP contribution is 2.14. The van der Waals surface area contributed by atoms with E-state index in [-0.39, 0.29) is 0 Å². The molecule has 1 aliphatic rings. The maximum absolute atomic E-state index is 10.6. The number of rotatable bonds is 2. The summed E-state index contributed by atoms with van der Waals surface area (Å²) in [5.41, 5.74) is 0. The van der Waals surface area contributed by atoms with Gasteiger partial charge in [0.2, 0.25) is 0 Å². The average Bonchev–Trinajstić information content (AvgIpc) is 2.32. The minimum Gasteiger partial charge on any atom is -0.450 e. The van der Waals surface area contributed by atoms with E-state index in [0.717, 1.165) is 0 Å². The fourth-order valence-electron chi connectivity index (χ4n) is 0.909. The lowest BCUT2D eigenvalue weighted by atomic mass is 10.1. The van der Waals surface area contributed by atoms with Crippen LogP contribution in [0.3, 0.4) is 0 Å². The molecule has 1 rings (SSSR count). The van der Waals surface area contributed by atoms with Crippen molar-refractivity contribution in [2.45, 2.75) is 18.3 Å². The van der Waals surface area contributed by atoms with Crippen LogP contribution in [-0.2, 0) is 14.3 Å². The molecule has 12 heavy (non-hydrogen) atoms. The molecule has 6 nitrogen and oxygen atoms in total. The van der Waals surface area contributed by atoms with Gasteiger partial charge in [0.1, 0.15) is 6.10 Å². The molecule has 0 aromatic heterocycles. The van der Waals surface area contributed by atoms with Crippen LogP contribution >= 0.6 is 0 Å². The molecule has 1 saturated heterocycles. The van der Waals surface area contributed by atoms with Crippen molar-refractivity contribution in [3.05, 3.63) is 0 Å². The first-order valence-electron chi connectivity index (χ1n) is 3.29. The molecule has 1 heterocycles. The van der Waals surface area contributed by atoms with E-state index in [1.54, 1.807) is 0 Å². The summed E-state index contributed by atoms with van der Waals surface area (Å²) in [6.45, 7) is -0.678. The van der Waals surface area contributed by atoms with Gasteiger partial charge in [-0.15, -0.1) is 0 Å². The molecular weight excluding hydrogens is 168 g/mol. The zero-order valence-corrected chi connectivity index (χ0v) is 6.01. The molecule has 0 aromatic rings. The van der Waals surface area contributed by atoms with E-state index in [2.05, 4.69) is 4.74 Å². The minimum absolute atomic E-state index is 0.678. The van der Waals surface area contributed by atoms with Gasteiger partial charge < -0.3 is 20.1 Å². The Kier molecular flexibility index (Phi) is 2.41. The number of hydrogen-bond acceptors (Lipinski definition) is 6. The largest absolute Gasteiger partial charge is 0.450 e. The molecule has 0 unspecified atom stereocenters. The predicted octanol–water partition coefficient (Wildman–Crippen LogP) is -2.81. The predicted molar refractivity (Wildman–Crippen MR) is 34.0 cm³/mol. The standard InChI is InChI=1S/C6H8O6/c7-1-2(8)5-3(9)4(10)6(11)12-5/h2-3,5,7-9H,1H2/t2-,3-,5+/m0/s1. The van der Waals surface area contributed by atoms with Gasteiger partial charge in [-0.2, -0.15) is 0 Å². The molecule has 1 aliphatic heterocycles. The molecule has 0 aromatic carbocycles. The molecule has 0 saturated carbocycles. The minimum atomic E-state index is -1.67. The monoisotopic (exact) mass is 176 g/mol. The first-order chi connectivity index (χ1) is 5.57. The lowest BCUT2D eigenvalue weighted by molar-refractivity contribution is -0.152. The number of aliphatic hydroxyl groups is 3. The van der Waals surface area contributed by atoms with Crippen LogP contribution in [0.2, 0.25) is 0 Å². The number of esters is 1. The Bertz CT molecular complexity index is 212. The second-order valence-electron chi connectivity index (χ2n) is 2.43. The maximum atomic E-state index is 10.6. The van der Waals surface area contributed by atoms with Gasteiger partial charge in [0.05, 0.1) is 6.61 Å². The first-order valence-corrected chi connectivity index (χ1v) is 3.29. The van der Waals surface area contributed by atoms with Crippen molar-refractivity contribution in [2.24, 2.45) is 0 Å².